The first-order chi connectivity index (χ1) is 7.42. The topological polar surface area (TPSA) is 24.4 Å². The molecule has 1 N–H and O–H groups in total. The molecule has 0 amide bonds. The molecule has 0 saturated heterocycles. The molecule has 1 aliphatic rings. The fraction of sp³-hybridized carbons (Fsp3) is 0.462. The van der Waals surface area contributed by atoms with E-state index in [-0.39, 0.29) is 0 Å². The van der Waals surface area contributed by atoms with Gasteiger partial charge < -0.3 is 5.43 Å². The van der Waals surface area contributed by atoms with Gasteiger partial charge in [0.05, 0.1) is 5.71 Å². The van der Waals surface area contributed by atoms with Gasteiger partial charge in [-0.05, 0) is 38.2 Å². The highest BCUT2D eigenvalue weighted by Gasteiger charge is 2.12. The fourth-order valence-corrected chi connectivity index (χ4v) is 2.05. The van der Waals surface area contributed by atoms with Crippen LogP contribution in [0.1, 0.15) is 37.3 Å². The minimum atomic E-state index is 0.895. The van der Waals surface area contributed by atoms with Crippen LogP contribution >= 0.6 is 0 Å². The molecule has 0 bridgehead atoms. The summed E-state index contributed by atoms with van der Waals surface area (Å²) in [4.78, 5) is 0. The number of hydrogen-bond donors (Lipinski definition) is 1. The van der Waals surface area contributed by atoms with Gasteiger partial charge in [0.2, 0.25) is 0 Å². The predicted octanol–water partition coefficient (Wildman–Crippen LogP) is 2.73. The lowest BCUT2D eigenvalue weighted by Crippen LogP contribution is -2.11. The van der Waals surface area contributed by atoms with Crippen LogP contribution in [0.25, 0.3) is 0 Å². The largest absolute Gasteiger partial charge is 0.310 e. The van der Waals surface area contributed by atoms with Gasteiger partial charge in [0.15, 0.2) is 0 Å². The molecule has 0 aliphatic heterocycles. The van der Waals surface area contributed by atoms with Crippen molar-refractivity contribution in [2.45, 2.75) is 32.6 Å². The molecule has 0 saturated carbocycles. The van der Waals surface area contributed by atoms with Gasteiger partial charge in [-0.1, -0.05) is 24.3 Å². The molecule has 0 heterocycles. The average molecular weight is 202 g/mol. The van der Waals surface area contributed by atoms with E-state index in [1.807, 2.05) is 0 Å². The van der Waals surface area contributed by atoms with Gasteiger partial charge in [-0.2, -0.15) is 5.10 Å². The third-order valence-corrected chi connectivity index (χ3v) is 2.81. The molecule has 0 radical (unpaired) electrons. The zero-order valence-electron chi connectivity index (χ0n) is 9.29. The van der Waals surface area contributed by atoms with Crippen molar-refractivity contribution in [3.05, 3.63) is 35.4 Å². The van der Waals surface area contributed by atoms with E-state index in [4.69, 9.17) is 0 Å². The van der Waals surface area contributed by atoms with E-state index >= 15 is 0 Å². The molecule has 0 unspecified atom stereocenters. The standard InChI is InChI=1S/C13H18N2/c1-2-14-15-13-10-6-4-8-11-7-3-5-9-12(11)13/h3,5,7,9,14H,2,4,6,8,10H2,1H3. The Balaban J connectivity index is 2.32. The van der Waals surface area contributed by atoms with Crippen molar-refractivity contribution in [1.82, 2.24) is 5.43 Å². The smallest absolute Gasteiger partial charge is 0.0677 e. The summed E-state index contributed by atoms with van der Waals surface area (Å²) in [6.45, 7) is 2.97. The Labute approximate surface area is 91.4 Å². The summed E-state index contributed by atoms with van der Waals surface area (Å²) in [7, 11) is 0. The van der Waals surface area contributed by atoms with Gasteiger partial charge in [-0.25, -0.2) is 0 Å². The quantitative estimate of drug-likeness (QED) is 0.578. The van der Waals surface area contributed by atoms with E-state index < -0.39 is 0 Å². The van der Waals surface area contributed by atoms with Crippen LogP contribution in [-0.4, -0.2) is 12.3 Å². The zero-order valence-corrected chi connectivity index (χ0v) is 9.29. The molecule has 80 valence electrons. The van der Waals surface area contributed by atoms with Gasteiger partial charge in [-0.15, -0.1) is 0 Å². The molecule has 0 fully saturated rings. The summed E-state index contributed by atoms with van der Waals surface area (Å²) in [5, 5.41) is 4.47. The molecule has 2 nitrogen and oxygen atoms in total. The van der Waals surface area contributed by atoms with Crippen molar-refractivity contribution in [2.24, 2.45) is 5.10 Å². The SMILES string of the molecule is CCNN=C1CCCCc2ccccc21. The average Bonchev–Trinajstić information content (AvgIpc) is 2.49. The van der Waals surface area contributed by atoms with Gasteiger partial charge in [0.25, 0.3) is 0 Å². The lowest BCUT2D eigenvalue weighted by Gasteiger charge is -2.07. The fourth-order valence-electron chi connectivity index (χ4n) is 2.05. The highest BCUT2D eigenvalue weighted by molar-refractivity contribution is 6.01. The number of hydrogen-bond acceptors (Lipinski definition) is 2. The van der Waals surface area contributed by atoms with E-state index in [0.29, 0.717) is 0 Å². The summed E-state index contributed by atoms with van der Waals surface area (Å²) in [6, 6.07) is 8.64. The third kappa shape index (κ3) is 2.38. The number of aryl methyl sites for hydroxylation is 1. The summed E-state index contributed by atoms with van der Waals surface area (Å²) >= 11 is 0. The Morgan fingerprint density at radius 3 is 2.87 bits per heavy atom. The van der Waals surface area contributed by atoms with Gasteiger partial charge in [0.1, 0.15) is 0 Å². The Hall–Kier alpha value is -1.31. The van der Waals surface area contributed by atoms with Crippen LogP contribution in [-0.2, 0) is 6.42 Å². The maximum absolute atomic E-state index is 4.47. The van der Waals surface area contributed by atoms with Crippen molar-refractivity contribution in [3.8, 4) is 0 Å². The van der Waals surface area contributed by atoms with E-state index in [2.05, 4.69) is 41.7 Å². The number of hydrazone groups is 1. The van der Waals surface area contributed by atoms with Crippen LogP contribution in [0.2, 0.25) is 0 Å². The monoisotopic (exact) mass is 202 g/mol. The molecule has 0 aromatic heterocycles. The second-order valence-corrected chi connectivity index (χ2v) is 3.93. The second kappa shape index (κ2) is 4.96. The molecule has 15 heavy (non-hydrogen) atoms. The lowest BCUT2D eigenvalue weighted by atomic mass is 10.0. The van der Waals surface area contributed by atoms with Crippen molar-refractivity contribution in [3.63, 3.8) is 0 Å². The van der Waals surface area contributed by atoms with Crippen molar-refractivity contribution >= 4 is 5.71 Å². The Bertz CT molecular complexity index is 355. The normalized spacial score (nSPS) is 18.3. The molecule has 1 aromatic carbocycles. The molecule has 2 heteroatoms. The minimum absolute atomic E-state index is 0.895. The van der Waals surface area contributed by atoms with Crippen LogP contribution in [0.15, 0.2) is 29.4 Å². The number of benzene rings is 1. The first-order valence-electron chi connectivity index (χ1n) is 5.79. The molecular formula is C13H18N2. The number of fused-ring (bicyclic) bond motifs is 1. The molecule has 0 atom stereocenters. The Morgan fingerprint density at radius 2 is 2.00 bits per heavy atom. The summed E-state index contributed by atoms with van der Waals surface area (Å²) in [6.07, 6.45) is 4.83. The third-order valence-electron chi connectivity index (χ3n) is 2.81. The van der Waals surface area contributed by atoms with Gasteiger partial charge in [0, 0.05) is 12.1 Å². The highest BCUT2D eigenvalue weighted by atomic mass is 15.3. The maximum atomic E-state index is 4.47. The van der Waals surface area contributed by atoms with Crippen LogP contribution in [0.3, 0.4) is 0 Å². The molecule has 1 aliphatic carbocycles. The minimum Gasteiger partial charge on any atom is -0.310 e. The molecule has 0 spiro atoms. The van der Waals surface area contributed by atoms with Crippen molar-refractivity contribution in [1.29, 1.82) is 0 Å². The first-order valence-corrected chi connectivity index (χ1v) is 5.79. The van der Waals surface area contributed by atoms with Crippen molar-refractivity contribution in [2.75, 3.05) is 6.54 Å². The summed E-state index contributed by atoms with van der Waals surface area (Å²) in [5.74, 6) is 0. The predicted molar refractivity (Wildman–Crippen MR) is 64.2 cm³/mol. The molecule has 1 aromatic rings. The zero-order chi connectivity index (χ0) is 10.5. The maximum Gasteiger partial charge on any atom is 0.0677 e. The Morgan fingerprint density at radius 1 is 1.20 bits per heavy atom. The summed E-state index contributed by atoms with van der Waals surface area (Å²) in [5.41, 5.74) is 7.10. The number of rotatable bonds is 2. The lowest BCUT2D eigenvalue weighted by molar-refractivity contribution is 0.755. The second-order valence-electron chi connectivity index (χ2n) is 3.93. The van der Waals surface area contributed by atoms with E-state index in [1.165, 1.54) is 36.1 Å². The van der Waals surface area contributed by atoms with Gasteiger partial charge >= 0.3 is 0 Å². The van der Waals surface area contributed by atoms with E-state index in [9.17, 15) is 0 Å². The van der Waals surface area contributed by atoms with Crippen LogP contribution in [0.4, 0.5) is 0 Å². The van der Waals surface area contributed by atoms with Crippen LogP contribution in [0.5, 0.6) is 0 Å². The number of nitrogens with zero attached hydrogens (tertiary/aromatic N) is 1. The number of nitrogens with one attached hydrogen (secondary N) is 1. The molecule has 2 rings (SSSR count). The Kier molecular flexibility index (Phi) is 3.38. The van der Waals surface area contributed by atoms with E-state index in [0.717, 1.165) is 13.0 Å². The first kappa shape index (κ1) is 10.2. The molecular weight excluding hydrogens is 184 g/mol. The summed E-state index contributed by atoms with van der Waals surface area (Å²) < 4.78 is 0. The van der Waals surface area contributed by atoms with E-state index in [1.54, 1.807) is 0 Å². The van der Waals surface area contributed by atoms with Gasteiger partial charge in [-0.3, -0.25) is 0 Å². The van der Waals surface area contributed by atoms with Crippen LogP contribution in [0, 0.1) is 0 Å². The highest BCUT2D eigenvalue weighted by Crippen LogP contribution is 2.20. The van der Waals surface area contributed by atoms with Crippen LogP contribution < -0.4 is 5.43 Å². The van der Waals surface area contributed by atoms with Crippen molar-refractivity contribution < 1.29 is 0 Å².